The summed E-state index contributed by atoms with van der Waals surface area (Å²) in [6.45, 7) is 3.06. The number of anilines is 1. The molecule has 2 amide bonds. The van der Waals surface area contributed by atoms with Crippen LogP contribution in [-0.2, 0) is 6.61 Å². The second-order valence-electron chi connectivity index (χ2n) is 8.81. The zero-order chi connectivity index (χ0) is 24.5. The van der Waals surface area contributed by atoms with E-state index in [-0.39, 0.29) is 24.4 Å². The van der Waals surface area contributed by atoms with Gasteiger partial charge in [-0.15, -0.1) is 0 Å². The summed E-state index contributed by atoms with van der Waals surface area (Å²) >= 11 is 2.28. The molecule has 0 saturated carbocycles. The number of para-hydroxylation sites is 1. The minimum atomic E-state index is -0.148. The van der Waals surface area contributed by atoms with Crippen LogP contribution in [0.2, 0.25) is 0 Å². The van der Waals surface area contributed by atoms with Gasteiger partial charge in [-0.1, -0.05) is 18.2 Å². The second kappa shape index (κ2) is 9.82. The Balaban J connectivity index is 1.33. The van der Waals surface area contributed by atoms with Gasteiger partial charge in [0.2, 0.25) is 0 Å². The van der Waals surface area contributed by atoms with Crippen molar-refractivity contribution in [3.05, 3.63) is 80.0 Å². The number of halogens is 1. The van der Waals surface area contributed by atoms with Crippen molar-refractivity contribution in [3.8, 4) is 11.1 Å². The van der Waals surface area contributed by atoms with Crippen LogP contribution in [0.25, 0.3) is 22.2 Å². The number of nitrogens with zero attached hydrogens (tertiary/aromatic N) is 3. The molecule has 4 aromatic rings. The van der Waals surface area contributed by atoms with Gasteiger partial charge in [0.05, 0.1) is 23.3 Å². The van der Waals surface area contributed by atoms with Crippen LogP contribution < -0.4 is 11.0 Å². The van der Waals surface area contributed by atoms with Crippen molar-refractivity contribution in [2.24, 2.45) is 0 Å². The summed E-state index contributed by atoms with van der Waals surface area (Å²) < 4.78 is 2.98. The van der Waals surface area contributed by atoms with Crippen molar-refractivity contribution in [2.45, 2.75) is 32.4 Å². The number of hydrogen-bond acceptors (Lipinski definition) is 4. The van der Waals surface area contributed by atoms with Crippen LogP contribution in [0.15, 0.2) is 59.5 Å². The lowest BCUT2D eigenvalue weighted by molar-refractivity contribution is 0.184. The fraction of sp³-hybridized carbons (Fsp3) is 0.269. The van der Waals surface area contributed by atoms with Crippen molar-refractivity contribution in [3.63, 3.8) is 0 Å². The Labute approximate surface area is 216 Å². The molecule has 1 saturated heterocycles. The third kappa shape index (κ3) is 4.70. The topological polar surface area (TPSA) is 103 Å². The summed E-state index contributed by atoms with van der Waals surface area (Å²) in [6, 6.07) is 15.3. The van der Waals surface area contributed by atoms with Crippen LogP contribution in [-0.4, -0.2) is 43.7 Å². The Morgan fingerprint density at radius 2 is 2.00 bits per heavy atom. The minimum Gasteiger partial charge on any atom is -0.390 e. The van der Waals surface area contributed by atoms with Crippen LogP contribution in [0, 0.1) is 10.5 Å². The highest BCUT2D eigenvalue weighted by atomic mass is 127. The number of rotatable bonds is 4. The smallest absolute Gasteiger partial charge is 0.326 e. The highest BCUT2D eigenvalue weighted by Gasteiger charge is 2.26. The first-order valence-electron chi connectivity index (χ1n) is 11.6. The molecule has 3 N–H and O–H groups in total. The normalized spacial score (nSPS) is 14.4. The molecule has 1 aliphatic heterocycles. The van der Waals surface area contributed by atoms with Crippen LogP contribution in [0.5, 0.6) is 0 Å². The third-order valence-electron chi connectivity index (χ3n) is 6.58. The molecule has 0 aliphatic carbocycles. The van der Waals surface area contributed by atoms with Crippen LogP contribution in [0.1, 0.15) is 30.1 Å². The van der Waals surface area contributed by atoms with E-state index < -0.39 is 0 Å². The number of aromatic amines is 1. The van der Waals surface area contributed by atoms with Gasteiger partial charge >= 0.3 is 11.7 Å². The molecule has 0 bridgehead atoms. The number of pyridine rings is 1. The van der Waals surface area contributed by atoms with E-state index in [1.54, 1.807) is 12.3 Å². The Bertz CT molecular complexity index is 1440. The number of carbonyl (C=O) groups is 1. The molecule has 1 fully saturated rings. The molecule has 35 heavy (non-hydrogen) atoms. The number of amides is 2. The van der Waals surface area contributed by atoms with Gasteiger partial charge in [-0.3, -0.25) is 9.55 Å². The van der Waals surface area contributed by atoms with E-state index >= 15 is 0 Å². The lowest BCUT2D eigenvalue weighted by atomic mass is 10.0. The highest BCUT2D eigenvalue weighted by molar-refractivity contribution is 14.1. The van der Waals surface area contributed by atoms with E-state index in [0.717, 1.165) is 37.0 Å². The van der Waals surface area contributed by atoms with E-state index in [2.05, 4.69) is 37.9 Å². The molecule has 3 heterocycles. The van der Waals surface area contributed by atoms with E-state index in [0.29, 0.717) is 31.6 Å². The zero-order valence-corrected chi connectivity index (χ0v) is 21.4. The van der Waals surface area contributed by atoms with Crippen molar-refractivity contribution in [1.82, 2.24) is 19.4 Å². The molecule has 0 radical (unpaired) electrons. The average Bonchev–Trinajstić information content (AvgIpc) is 3.22. The molecule has 0 spiro atoms. The number of nitrogens with one attached hydrogen (secondary N) is 2. The monoisotopic (exact) mass is 583 g/mol. The van der Waals surface area contributed by atoms with Crippen molar-refractivity contribution < 1.29 is 9.90 Å². The van der Waals surface area contributed by atoms with Crippen LogP contribution >= 0.6 is 22.6 Å². The number of benzene rings is 2. The number of likely N-dealkylation sites (tertiary alicyclic amines) is 1. The maximum Gasteiger partial charge on any atom is 0.326 e. The van der Waals surface area contributed by atoms with E-state index in [1.807, 2.05) is 58.9 Å². The van der Waals surface area contributed by atoms with Gasteiger partial charge in [0, 0.05) is 45.7 Å². The number of aryl methyl sites for hydroxylation is 1. The number of piperidine rings is 1. The lowest BCUT2D eigenvalue weighted by Gasteiger charge is -2.32. The van der Waals surface area contributed by atoms with E-state index in [4.69, 9.17) is 0 Å². The maximum atomic E-state index is 13.0. The quantitative estimate of drug-likeness (QED) is 0.304. The fourth-order valence-electron chi connectivity index (χ4n) is 4.68. The molecular weight excluding hydrogens is 557 g/mol. The second-order valence-corrected chi connectivity index (χ2v) is 9.97. The number of aromatic nitrogens is 3. The predicted octanol–water partition coefficient (Wildman–Crippen LogP) is 4.67. The molecule has 8 nitrogen and oxygen atoms in total. The molecule has 1 aliphatic rings. The van der Waals surface area contributed by atoms with Gasteiger partial charge in [-0.25, -0.2) is 9.59 Å². The number of urea groups is 1. The van der Waals surface area contributed by atoms with Gasteiger partial charge in [0.1, 0.15) is 0 Å². The predicted molar refractivity (Wildman–Crippen MR) is 144 cm³/mol. The summed E-state index contributed by atoms with van der Waals surface area (Å²) in [5, 5.41) is 12.3. The van der Waals surface area contributed by atoms with Gasteiger partial charge in [-0.05, 0) is 78.3 Å². The van der Waals surface area contributed by atoms with Crippen LogP contribution in [0.3, 0.4) is 0 Å². The summed E-state index contributed by atoms with van der Waals surface area (Å²) in [7, 11) is 0. The summed E-state index contributed by atoms with van der Waals surface area (Å²) in [4.78, 5) is 34.9. The van der Waals surface area contributed by atoms with E-state index in [9.17, 15) is 14.7 Å². The number of aliphatic hydroxyl groups is 1. The minimum absolute atomic E-state index is 0.00554. The average molecular weight is 583 g/mol. The molecule has 0 unspecified atom stereocenters. The van der Waals surface area contributed by atoms with Crippen molar-refractivity contribution in [1.29, 1.82) is 0 Å². The van der Waals surface area contributed by atoms with Gasteiger partial charge in [0.25, 0.3) is 0 Å². The van der Waals surface area contributed by atoms with Crippen molar-refractivity contribution in [2.75, 3.05) is 18.4 Å². The Hall–Kier alpha value is -3.18. The Morgan fingerprint density at radius 3 is 2.69 bits per heavy atom. The highest BCUT2D eigenvalue weighted by Crippen LogP contribution is 2.30. The molecule has 180 valence electrons. The molecule has 5 rings (SSSR count). The molecule has 2 aromatic carbocycles. The first kappa shape index (κ1) is 23.6. The molecule has 9 heteroatoms. The SMILES string of the molecule is Cc1cc(NC(=O)N2CCC(n3c(=O)[nH]c4c(-c5ccc(CO)nc5)cccc43)CC2)ccc1I. The lowest BCUT2D eigenvalue weighted by Crippen LogP contribution is -2.42. The number of H-pyrrole nitrogens is 1. The van der Waals surface area contributed by atoms with Crippen molar-refractivity contribution >= 4 is 45.3 Å². The van der Waals surface area contributed by atoms with Gasteiger partial charge < -0.3 is 20.3 Å². The number of fused-ring (bicyclic) bond motifs is 1. The molecular formula is C26H26IN5O3. The summed E-state index contributed by atoms with van der Waals surface area (Å²) in [5.74, 6) is 0. The fourth-order valence-corrected chi connectivity index (χ4v) is 5.02. The van der Waals surface area contributed by atoms with E-state index in [1.165, 1.54) is 0 Å². The molecule has 0 atom stereocenters. The number of hydrogen-bond donors (Lipinski definition) is 3. The Morgan fingerprint density at radius 1 is 1.20 bits per heavy atom. The standard InChI is InChI=1S/C26H26IN5O3/c1-16-13-18(7-8-22(16)27)29-25(34)31-11-9-20(10-12-31)32-23-4-2-3-21(24(23)30-26(32)35)17-5-6-19(15-33)28-14-17/h2-8,13-14,20,33H,9-12,15H2,1H3,(H,29,34)(H,30,35). The summed E-state index contributed by atoms with van der Waals surface area (Å²) in [6.07, 6.45) is 3.11. The zero-order valence-electron chi connectivity index (χ0n) is 19.3. The number of aliphatic hydroxyl groups excluding tert-OH is 1. The van der Waals surface area contributed by atoms with Crippen LogP contribution in [0.4, 0.5) is 10.5 Å². The first-order valence-corrected chi connectivity index (χ1v) is 12.6. The molecule has 2 aromatic heterocycles. The van der Waals surface area contributed by atoms with Gasteiger partial charge in [0.15, 0.2) is 0 Å². The maximum absolute atomic E-state index is 13.0. The number of carbonyl (C=O) groups excluding carboxylic acids is 1. The third-order valence-corrected chi connectivity index (χ3v) is 7.79. The Kier molecular flexibility index (Phi) is 6.61. The van der Waals surface area contributed by atoms with Gasteiger partial charge in [-0.2, -0.15) is 0 Å². The summed E-state index contributed by atoms with van der Waals surface area (Å²) in [5.41, 5.74) is 5.74. The largest absolute Gasteiger partial charge is 0.390 e. The number of imidazole rings is 1. The first-order chi connectivity index (χ1) is 16.9.